The minimum absolute atomic E-state index is 0.246. The molecular weight excluding hydrogens is 345 g/mol. The number of aryl methyl sites for hydroxylation is 1. The molecule has 0 aliphatic rings. The lowest BCUT2D eigenvalue weighted by Crippen LogP contribution is -2.22. The maximum absolute atomic E-state index is 12.9. The predicted molar refractivity (Wildman–Crippen MR) is 107 cm³/mol. The topological polar surface area (TPSA) is 21.3 Å². The van der Waals surface area contributed by atoms with Crippen LogP contribution in [0.1, 0.15) is 22.3 Å². The van der Waals surface area contributed by atoms with E-state index >= 15 is 0 Å². The summed E-state index contributed by atoms with van der Waals surface area (Å²) < 4.78 is 18.6. The quantitative estimate of drug-likeness (QED) is 0.608. The zero-order valence-corrected chi connectivity index (χ0v) is 15.4. The highest BCUT2D eigenvalue weighted by Gasteiger charge is 2.04. The molecule has 0 radical (unpaired) electrons. The van der Waals surface area contributed by atoms with E-state index in [-0.39, 0.29) is 5.82 Å². The summed E-state index contributed by atoms with van der Waals surface area (Å²) in [6.45, 7) is 3.19. The minimum atomic E-state index is -0.246. The molecule has 0 aliphatic carbocycles. The van der Waals surface area contributed by atoms with E-state index in [1.165, 1.54) is 23.3 Å². The number of nitrogens with one attached hydrogen (secondary N) is 1. The van der Waals surface area contributed by atoms with Gasteiger partial charge in [0.1, 0.15) is 23.2 Å². The van der Waals surface area contributed by atoms with E-state index in [1.54, 1.807) is 12.1 Å². The third-order valence-corrected chi connectivity index (χ3v) is 4.52. The molecular formula is C22H20FNOS. The molecule has 132 valence electrons. The maximum atomic E-state index is 12.9. The second-order valence-corrected chi connectivity index (χ2v) is 6.46. The minimum Gasteiger partial charge on any atom is -0.489 e. The first-order chi connectivity index (χ1) is 12.6. The maximum Gasteiger partial charge on any atom is 0.123 e. The van der Waals surface area contributed by atoms with Crippen molar-refractivity contribution in [3.63, 3.8) is 0 Å². The molecule has 3 rings (SSSR count). The Balaban J connectivity index is 1.54. The Morgan fingerprint density at radius 2 is 1.65 bits per heavy atom. The van der Waals surface area contributed by atoms with E-state index < -0.39 is 0 Å². The summed E-state index contributed by atoms with van der Waals surface area (Å²) in [7, 11) is 0. The first kappa shape index (κ1) is 18.1. The van der Waals surface area contributed by atoms with Crippen molar-refractivity contribution >= 4 is 17.2 Å². The predicted octanol–water partition coefficient (Wildman–Crippen LogP) is 5.18. The van der Waals surface area contributed by atoms with Gasteiger partial charge in [-0.3, -0.25) is 0 Å². The molecule has 0 unspecified atom stereocenters. The summed E-state index contributed by atoms with van der Waals surface area (Å²) in [6.07, 6.45) is 0. The van der Waals surface area contributed by atoms with Crippen LogP contribution in [0, 0.1) is 12.7 Å². The second-order valence-electron chi connectivity index (χ2n) is 6.05. The van der Waals surface area contributed by atoms with Crippen LogP contribution in [0.2, 0.25) is 0 Å². The summed E-state index contributed by atoms with van der Waals surface area (Å²) in [5.74, 6) is 0.504. The Morgan fingerprint density at radius 1 is 0.962 bits per heavy atom. The molecule has 0 saturated carbocycles. The summed E-state index contributed by atoms with van der Waals surface area (Å²) in [4.78, 5) is 0.707. The van der Waals surface area contributed by atoms with Gasteiger partial charge in [-0.2, -0.15) is 0 Å². The van der Waals surface area contributed by atoms with Crippen molar-refractivity contribution in [2.24, 2.45) is 0 Å². The van der Waals surface area contributed by atoms with Gasteiger partial charge in [0.25, 0.3) is 0 Å². The van der Waals surface area contributed by atoms with Crippen LogP contribution >= 0.6 is 12.2 Å². The molecule has 3 aromatic rings. The fourth-order valence-corrected chi connectivity index (χ4v) is 2.74. The number of hydrogen-bond acceptors (Lipinski definition) is 2. The Hall–Kier alpha value is -2.72. The number of rotatable bonds is 6. The van der Waals surface area contributed by atoms with Crippen LogP contribution < -0.4 is 10.1 Å². The molecule has 0 aromatic heterocycles. The van der Waals surface area contributed by atoms with Crippen molar-refractivity contribution < 1.29 is 9.13 Å². The average Bonchev–Trinajstić information content (AvgIpc) is 2.67. The van der Waals surface area contributed by atoms with E-state index in [4.69, 9.17) is 17.0 Å². The van der Waals surface area contributed by atoms with Gasteiger partial charge in [-0.15, -0.1) is 0 Å². The number of hydrogen-bond donors (Lipinski definition) is 1. The molecule has 0 bridgehead atoms. The van der Waals surface area contributed by atoms with Crippen LogP contribution in [0.25, 0.3) is 0 Å². The Kier molecular flexibility index (Phi) is 5.97. The Bertz CT molecular complexity index is 875. The molecule has 0 heterocycles. The molecule has 4 heteroatoms. The fraction of sp³-hybridized carbons (Fsp3) is 0.136. The lowest BCUT2D eigenvalue weighted by Gasteiger charge is -2.11. The molecule has 0 amide bonds. The number of benzene rings is 3. The lowest BCUT2D eigenvalue weighted by molar-refractivity contribution is 0.306. The van der Waals surface area contributed by atoms with E-state index in [1.807, 2.05) is 36.4 Å². The van der Waals surface area contributed by atoms with Crippen molar-refractivity contribution in [2.45, 2.75) is 20.1 Å². The third kappa shape index (κ3) is 4.90. The van der Waals surface area contributed by atoms with Gasteiger partial charge in [0, 0.05) is 12.1 Å². The Morgan fingerprint density at radius 3 is 2.35 bits per heavy atom. The van der Waals surface area contributed by atoms with Crippen LogP contribution in [0.5, 0.6) is 5.75 Å². The van der Waals surface area contributed by atoms with Crippen molar-refractivity contribution in [3.05, 3.63) is 101 Å². The number of thiocarbonyl (C=S) groups is 1. The van der Waals surface area contributed by atoms with Gasteiger partial charge in [-0.25, -0.2) is 4.39 Å². The molecule has 1 N–H and O–H groups in total. The molecule has 0 atom stereocenters. The lowest BCUT2D eigenvalue weighted by atomic mass is 10.1. The smallest absolute Gasteiger partial charge is 0.123 e. The van der Waals surface area contributed by atoms with E-state index in [9.17, 15) is 4.39 Å². The van der Waals surface area contributed by atoms with Gasteiger partial charge in [0.2, 0.25) is 0 Å². The molecule has 0 fully saturated rings. The molecule has 0 spiro atoms. The summed E-state index contributed by atoms with van der Waals surface area (Å²) in [5.41, 5.74) is 4.34. The van der Waals surface area contributed by atoms with Crippen molar-refractivity contribution in [1.29, 1.82) is 0 Å². The van der Waals surface area contributed by atoms with Crippen LogP contribution in [-0.4, -0.2) is 4.99 Å². The van der Waals surface area contributed by atoms with E-state index in [0.29, 0.717) is 18.1 Å². The molecule has 0 saturated heterocycles. The fourth-order valence-electron chi connectivity index (χ4n) is 2.54. The molecule has 0 aliphatic heterocycles. The zero-order chi connectivity index (χ0) is 18.4. The van der Waals surface area contributed by atoms with Crippen molar-refractivity contribution in [1.82, 2.24) is 5.32 Å². The number of ether oxygens (including phenoxy) is 1. The Labute approximate surface area is 158 Å². The summed E-state index contributed by atoms with van der Waals surface area (Å²) >= 11 is 5.47. The zero-order valence-electron chi connectivity index (χ0n) is 14.5. The largest absolute Gasteiger partial charge is 0.489 e. The monoisotopic (exact) mass is 365 g/mol. The first-order valence-electron chi connectivity index (χ1n) is 8.42. The van der Waals surface area contributed by atoms with Crippen LogP contribution in [0.3, 0.4) is 0 Å². The molecule has 3 aromatic carbocycles. The van der Waals surface area contributed by atoms with Gasteiger partial charge in [-0.05, 0) is 60.0 Å². The third-order valence-electron chi connectivity index (χ3n) is 4.14. The van der Waals surface area contributed by atoms with E-state index in [0.717, 1.165) is 16.9 Å². The molecule has 26 heavy (non-hydrogen) atoms. The van der Waals surface area contributed by atoms with Gasteiger partial charge in [0.05, 0.1) is 0 Å². The summed E-state index contributed by atoms with van der Waals surface area (Å²) in [6, 6.07) is 22.2. The van der Waals surface area contributed by atoms with Crippen LogP contribution in [0.4, 0.5) is 4.39 Å². The first-order valence-corrected chi connectivity index (χ1v) is 8.82. The highest BCUT2D eigenvalue weighted by Crippen LogP contribution is 2.15. The number of halogens is 1. The van der Waals surface area contributed by atoms with Gasteiger partial charge < -0.3 is 10.1 Å². The standard InChI is InChI=1S/C22H20FNOS/c1-16-4-2-3-5-19(16)14-24-22(26)18-8-12-21(13-9-18)25-15-17-6-10-20(23)11-7-17/h2-13H,14-15H2,1H3,(H,24,26). The van der Waals surface area contributed by atoms with Crippen molar-refractivity contribution in [2.75, 3.05) is 0 Å². The highest BCUT2D eigenvalue weighted by molar-refractivity contribution is 7.80. The SMILES string of the molecule is Cc1ccccc1CNC(=S)c1ccc(OCc2ccc(F)cc2)cc1. The average molecular weight is 365 g/mol. The van der Waals surface area contributed by atoms with Crippen LogP contribution in [-0.2, 0) is 13.2 Å². The van der Waals surface area contributed by atoms with Crippen molar-refractivity contribution in [3.8, 4) is 5.75 Å². The second kappa shape index (κ2) is 8.59. The van der Waals surface area contributed by atoms with Gasteiger partial charge >= 0.3 is 0 Å². The van der Waals surface area contributed by atoms with Gasteiger partial charge in [-0.1, -0.05) is 48.6 Å². The summed E-state index contributed by atoms with van der Waals surface area (Å²) in [5, 5.41) is 3.29. The van der Waals surface area contributed by atoms with E-state index in [2.05, 4.69) is 24.4 Å². The van der Waals surface area contributed by atoms with Gasteiger partial charge in [0.15, 0.2) is 0 Å². The van der Waals surface area contributed by atoms with Crippen LogP contribution in [0.15, 0.2) is 72.8 Å². The normalized spacial score (nSPS) is 10.4. The molecule has 2 nitrogen and oxygen atoms in total. The highest BCUT2D eigenvalue weighted by atomic mass is 32.1.